The largest absolute Gasteiger partial charge is 0.347 e. The Morgan fingerprint density at radius 3 is 2.73 bits per heavy atom. The van der Waals surface area contributed by atoms with Gasteiger partial charge in [0.2, 0.25) is 5.91 Å². The average molecular weight is 435 g/mol. The number of aromatic nitrogens is 3. The van der Waals surface area contributed by atoms with Crippen LogP contribution in [-0.4, -0.2) is 39.9 Å². The summed E-state index contributed by atoms with van der Waals surface area (Å²) in [7, 11) is 0. The van der Waals surface area contributed by atoms with E-state index in [1.165, 1.54) is 0 Å². The number of amides is 2. The molecule has 30 heavy (non-hydrogen) atoms. The van der Waals surface area contributed by atoms with E-state index in [4.69, 9.17) is 0 Å². The van der Waals surface area contributed by atoms with E-state index in [2.05, 4.69) is 26.3 Å². The van der Waals surface area contributed by atoms with Gasteiger partial charge < -0.3 is 16.0 Å². The molecule has 8 nitrogen and oxygen atoms in total. The first-order chi connectivity index (χ1) is 14.0. The van der Waals surface area contributed by atoms with Gasteiger partial charge in [0, 0.05) is 18.2 Å². The van der Waals surface area contributed by atoms with Crippen molar-refractivity contribution in [2.24, 2.45) is 5.92 Å². The van der Waals surface area contributed by atoms with Crippen LogP contribution in [0, 0.1) is 12.8 Å². The molecule has 1 fully saturated rings. The van der Waals surface area contributed by atoms with Crippen LogP contribution in [0.5, 0.6) is 0 Å². The van der Waals surface area contributed by atoms with Gasteiger partial charge in [-0.25, -0.2) is 4.68 Å². The first kappa shape index (κ1) is 23.8. The Hall–Kier alpha value is -2.45. The average Bonchev–Trinajstić information content (AvgIpc) is 3.13. The molecule has 1 atom stereocenters. The molecule has 3 rings (SSSR count). The van der Waals surface area contributed by atoms with Gasteiger partial charge in [0.25, 0.3) is 5.91 Å². The molecular weight excluding hydrogens is 404 g/mol. The minimum absolute atomic E-state index is 0. The molecule has 0 saturated carbocycles. The molecule has 0 aliphatic carbocycles. The van der Waals surface area contributed by atoms with E-state index in [1.54, 1.807) is 0 Å². The molecule has 3 N–H and O–H groups in total. The molecule has 1 saturated heterocycles. The van der Waals surface area contributed by atoms with Gasteiger partial charge in [0.15, 0.2) is 5.69 Å². The summed E-state index contributed by atoms with van der Waals surface area (Å²) in [6.07, 6.45) is 2.76. The number of hydrogen-bond acceptors (Lipinski definition) is 5. The fraction of sp³-hybridized carbons (Fsp3) is 0.524. The van der Waals surface area contributed by atoms with Crippen LogP contribution in [0.25, 0.3) is 0 Å². The maximum Gasteiger partial charge on any atom is 0.274 e. The zero-order chi connectivity index (χ0) is 20.8. The van der Waals surface area contributed by atoms with Gasteiger partial charge in [-0.2, -0.15) is 0 Å². The van der Waals surface area contributed by atoms with Crippen LogP contribution in [0.4, 0.5) is 5.69 Å². The lowest BCUT2D eigenvalue weighted by molar-refractivity contribution is -0.119. The lowest BCUT2D eigenvalue weighted by atomic mass is 10.1. The highest BCUT2D eigenvalue weighted by Crippen LogP contribution is 2.20. The predicted octanol–water partition coefficient (Wildman–Crippen LogP) is 2.85. The zero-order valence-electron chi connectivity index (χ0n) is 17.8. The van der Waals surface area contributed by atoms with Crippen LogP contribution in [-0.2, 0) is 11.3 Å². The maximum absolute atomic E-state index is 12.6. The molecule has 9 heteroatoms. The number of benzene rings is 1. The Morgan fingerprint density at radius 2 is 2.03 bits per heavy atom. The van der Waals surface area contributed by atoms with Crippen LogP contribution < -0.4 is 16.0 Å². The standard InChI is InChI=1S/C21H30N6O2.ClH/c1-4-14(2)20(28)24-17-7-5-6-16(12-17)13-23-21(29)19-15(3)27(26-25-19)18-8-10-22-11-9-18;/h5-7,12,14,18,22H,4,8-11,13H2,1-3H3,(H,23,29)(H,24,28);1H. The molecule has 0 radical (unpaired) electrons. The third-order valence-corrected chi connectivity index (χ3v) is 5.50. The second kappa shape index (κ2) is 11.1. The number of carbonyl (C=O) groups excluding carboxylic acids is 2. The molecule has 1 aromatic heterocycles. The molecule has 1 aliphatic rings. The number of piperidine rings is 1. The fourth-order valence-corrected chi connectivity index (χ4v) is 3.42. The highest BCUT2D eigenvalue weighted by Gasteiger charge is 2.22. The van der Waals surface area contributed by atoms with Crippen molar-refractivity contribution in [1.29, 1.82) is 0 Å². The summed E-state index contributed by atoms with van der Waals surface area (Å²) >= 11 is 0. The van der Waals surface area contributed by atoms with Crippen molar-refractivity contribution in [2.45, 2.75) is 52.6 Å². The van der Waals surface area contributed by atoms with Crippen molar-refractivity contribution in [3.05, 3.63) is 41.2 Å². The molecule has 0 spiro atoms. The van der Waals surface area contributed by atoms with Crippen LogP contribution >= 0.6 is 12.4 Å². The highest BCUT2D eigenvalue weighted by molar-refractivity contribution is 5.93. The minimum Gasteiger partial charge on any atom is -0.347 e. The number of nitrogens with zero attached hydrogens (tertiary/aromatic N) is 3. The second-order valence-electron chi connectivity index (χ2n) is 7.63. The number of rotatable bonds is 7. The molecule has 2 heterocycles. The van der Waals surface area contributed by atoms with E-state index >= 15 is 0 Å². The van der Waals surface area contributed by atoms with Crippen LogP contribution in [0.15, 0.2) is 24.3 Å². The van der Waals surface area contributed by atoms with Crippen molar-refractivity contribution in [2.75, 3.05) is 18.4 Å². The predicted molar refractivity (Wildman–Crippen MR) is 119 cm³/mol. The van der Waals surface area contributed by atoms with Gasteiger partial charge in [0.1, 0.15) is 0 Å². The summed E-state index contributed by atoms with van der Waals surface area (Å²) in [5, 5.41) is 17.5. The number of nitrogens with one attached hydrogen (secondary N) is 3. The maximum atomic E-state index is 12.6. The van der Waals surface area contributed by atoms with E-state index < -0.39 is 0 Å². The van der Waals surface area contributed by atoms with Gasteiger partial charge in [-0.05, 0) is 57.0 Å². The van der Waals surface area contributed by atoms with Crippen molar-refractivity contribution in [3.63, 3.8) is 0 Å². The molecule has 1 unspecified atom stereocenters. The summed E-state index contributed by atoms with van der Waals surface area (Å²) in [4.78, 5) is 24.7. The molecule has 1 aromatic carbocycles. The van der Waals surface area contributed by atoms with Gasteiger partial charge in [-0.15, -0.1) is 17.5 Å². The Kier molecular flexibility index (Phi) is 8.80. The van der Waals surface area contributed by atoms with Crippen LogP contribution in [0.2, 0.25) is 0 Å². The first-order valence-corrected chi connectivity index (χ1v) is 10.3. The lowest BCUT2D eigenvalue weighted by Gasteiger charge is -2.23. The second-order valence-corrected chi connectivity index (χ2v) is 7.63. The van der Waals surface area contributed by atoms with Crippen LogP contribution in [0.1, 0.15) is 60.9 Å². The summed E-state index contributed by atoms with van der Waals surface area (Å²) in [6, 6.07) is 7.79. The molecule has 0 bridgehead atoms. The summed E-state index contributed by atoms with van der Waals surface area (Å²) in [5.41, 5.74) is 2.80. The normalized spacial score (nSPS) is 15.2. The summed E-state index contributed by atoms with van der Waals surface area (Å²) in [6.45, 7) is 8.04. The Balaban J connectivity index is 0.00000320. The quantitative estimate of drug-likeness (QED) is 0.622. The monoisotopic (exact) mass is 434 g/mol. The topological polar surface area (TPSA) is 101 Å². The number of halogens is 1. The van der Waals surface area contributed by atoms with Crippen molar-refractivity contribution >= 4 is 29.9 Å². The molecule has 2 amide bonds. The SMILES string of the molecule is CCC(C)C(=O)Nc1cccc(CNC(=O)c2nnn(C3CCNCC3)c2C)c1.Cl. The fourth-order valence-electron chi connectivity index (χ4n) is 3.42. The molecular formula is C21H31ClN6O2. The number of hydrogen-bond donors (Lipinski definition) is 3. The first-order valence-electron chi connectivity index (χ1n) is 10.3. The Labute approximate surface area is 183 Å². The smallest absolute Gasteiger partial charge is 0.274 e. The molecule has 2 aromatic rings. The van der Waals surface area contributed by atoms with Gasteiger partial charge in [-0.1, -0.05) is 31.2 Å². The third-order valence-electron chi connectivity index (χ3n) is 5.50. The summed E-state index contributed by atoms with van der Waals surface area (Å²) < 4.78 is 1.88. The minimum atomic E-state index is -0.239. The van der Waals surface area contributed by atoms with Gasteiger partial charge >= 0.3 is 0 Å². The van der Waals surface area contributed by atoms with Crippen molar-refractivity contribution in [3.8, 4) is 0 Å². The van der Waals surface area contributed by atoms with E-state index in [-0.39, 0.29) is 36.2 Å². The third kappa shape index (κ3) is 5.79. The lowest BCUT2D eigenvalue weighted by Crippen LogP contribution is -2.30. The van der Waals surface area contributed by atoms with Gasteiger partial charge in [0.05, 0.1) is 11.7 Å². The van der Waals surface area contributed by atoms with E-state index in [9.17, 15) is 9.59 Å². The Morgan fingerprint density at radius 1 is 1.30 bits per heavy atom. The highest BCUT2D eigenvalue weighted by atomic mass is 35.5. The van der Waals surface area contributed by atoms with Crippen molar-refractivity contribution < 1.29 is 9.59 Å². The van der Waals surface area contributed by atoms with Crippen LogP contribution in [0.3, 0.4) is 0 Å². The van der Waals surface area contributed by atoms with E-state index in [0.29, 0.717) is 12.2 Å². The van der Waals surface area contributed by atoms with E-state index in [1.807, 2.05) is 49.7 Å². The number of carbonyl (C=O) groups is 2. The van der Waals surface area contributed by atoms with Gasteiger partial charge in [-0.3, -0.25) is 9.59 Å². The Bertz CT molecular complexity index is 863. The van der Waals surface area contributed by atoms with E-state index in [0.717, 1.165) is 49.3 Å². The molecule has 164 valence electrons. The number of anilines is 1. The summed E-state index contributed by atoms with van der Waals surface area (Å²) in [5.74, 6) is -0.278. The van der Waals surface area contributed by atoms with Crippen molar-refractivity contribution in [1.82, 2.24) is 25.6 Å². The zero-order valence-corrected chi connectivity index (χ0v) is 18.6. The molecule has 1 aliphatic heterocycles.